The normalized spacial score (nSPS) is 17.5. The van der Waals surface area contributed by atoms with E-state index in [1.807, 2.05) is 0 Å². The summed E-state index contributed by atoms with van der Waals surface area (Å²) in [7, 11) is -3.98. The number of piperidine rings is 1. The molecule has 0 bridgehead atoms. The number of halogens is 3. The first kappa shape index (κ1) is 22.5. The van der Waals surface area contributed by atoms with E-state index in [-0.39, 0.29) is 41.1 Å². The van der Waals surface area contributed by atoms with E-state index in [2.05, 4.69) is 5.32 Å². The van der Waals surface area contributed by atoms with Crippen LogP contribution in [0.4, 0.5) is 14.5 Å². The average molecular weight is 459 g/mol. The minimum Gasteiger partial charge on any atom is -0.492 e. The van der Waals surface area contributed by atoms with E-state index in [0.29, 0.717) is 12.8 Å². The molecule has 1 aliphatic heterocycles. The largest absolute Gasteiger partial charge is 0.492 e. The molecule has 162 valence electrons. The van der Waals surface area contributed by atoms with Gasteiger partial charge >= 0.3 is 0 Å². The van der Waals surface area contributed by atoms with Crippen molar-refractivity contribution in [2.75, 3.05) is 25.0 Å². The third kappa shape index (κ3) is 4.91. The lowest BCUT2D eigenvalue weighted by Crippen LogP contribution is -2.43. The maximum absolute atomic E-state index is 13.8. The summed E-state index contributed by atoms with van der Waals surface area (Å²) in [5.74, 6) is -2.58. The Kier molecular flexibility index (Phi) is 6.95. The molecule has 0 aromatic heterocycles. The van der Waals surface area contributed by atoms with Gasteiger partial charge in [-0.2, -0.15) is 4.31 Å². The Balaban J connectivity index is 1.81. The van der Waals surface area contributed by atoms with Crippen LogP contribution in [0.2, 0.25) is 5.02 Å². The molecule has 6 nitrogen and oxygen atoms in total. The molecule has 1 N–H and O–H groups in total. The molecular formula is C20H21ClF2N2O4S. The van der Waals surface area contributed by atoms with Gasteiger partial charge in [-0.1, -0.05) is 11.6 Å². The average Bonchev–Trinajstić information content (AvgIpc) is 2.72. The second-order valence-electron chi connectivity index (χ2n) is 6.84. The lowest BCUT2D eigenvalue weighted by Gasteiger charge is -2.31. The summed E-state index contributed by atoms with van der Waals surface area (Å²) in [5, 5.41) is 2.59. The van der Waals surface area contributed by atoms with Gasteiger partial charge in [0.25, 0.3) is 0 Å². The Morgan fingerprint density at radius 1 is 1.27 bits per heavy atom. The van der Waals surface area contributed by atoms with Crippen LogP contribution in [0.1, 0.15) is 19.8 Å². The Bertz CT molecular complexity index is 1050. The van der Waals surface area contributed by atoms with Crippen molar-refractivity contribution < 1.29 is 26.7 Å². The second-order valence-corrected chi connectivity index (χ2v) is 9.18. The molecular weight excluding hydrogens is 438 g/mol. The van der Waals surface area contributed by atoms with Crippen LogP contribution in [-0.2, 0) is 14.8 Å². The first-order valence-electron chi connectivity index (χ1n) is 9.40. The Hall–Kier alpha value is -2.23. The van der Waals surface area contributed by atoms with Crippen molar-refractivity contribution in [2.24, 2.45) is 5.92 Å². The number of amides is 1. The minimum absolute atomic E-state index is 0.0749. The number of sulfonamides is 1. The maximum Gasteiger partial charge on any atom is 0.246 e. The molecule has 0 spiro atoms. The van der Waals surface area contributed by atoms with Gasteiger partial charge in [-0.25, -0.2) is 17.2 Å². The van der Waals surface area contributed by atoms with Crippen molar-refractivity contribution in [3.8, 4) is 5.75 Å². The number of carbonyl (C=O) groups excluding carboxylic acids is 1. The number of nitrogens with zero attached hydrogens (tertiary/aromatic N) is 1. The van der Waals surface area contributed by atoms with E-state index in [9.17, 15) is 22.0 Å². The Morgan fingerprint density at radius 2 is 2.03 bits per heavy atom. The molecule has 1 unspecified atom stereocenters. The molecule has 0 radical (unpaired) electrons. The molecule has 3 rings (SSSR count). The SMILES string of the molecule is CCOc1ccc(Cl)cc1S(=O)(=O)N1CCCC(C(=O)Nc2cc(F)ccc2F)C1. The zero-order valence-corrected chi connectivity index (χ0v) is 17.8. The van der Waals surface area contributed by atoms with Crippen LogP contribution in [0, 0.1) is 17.6 Å². The van der Waals surface area contributed by atoms with Crippen LogP contribution in [0.15, 0.2) is 41.3 Å². The predicted molar refractivity (Wildman–Crippen MR) is 109 cm³/mol. The molecule has 1 heterocycles. The zero-order valence-electron chi connectivity index (χ0n) is 16.2. The summed E-state index contributed by atoms with van der Waals surface area (Å²) in [6.07, 6.45) is 0.857. The van der Waals surface area contributed by atoms with Crippen LogP contribution in [0.25, 0.3) is 0 Å². The van der Waals surface area contributed by atoms with Crippen molar-refractivity contribution in [3.05, 3.63) is 53.1 Å². The third-order valence-corrected chi connectivity index (χ3v) is 6.89. The van der Waals surface area contributed by atoms with Gasteiger partial charge in [-0.05, 0) is 50.1 Å². The number of nitrogens with one attached hydrogen (secondary N) is 1. The van der Waals surface area contributed by atoms with Crippen molar-refractivity contribution in [2.45, 2.75) is 24.7 Å². The smallest absolute Gasteiger partial charge is 0.246 e. The van der Waals surface area contributed by atoms with Gasteiger partial charge in [-0.15, -0.1) is 0 Å². The number of carbonyl (C=O) groups is 1. The zero-order chi connectivity index (χ0) is 21.9. The molecule has 1 amide bonds. The topological polar surface area (TPSA) is 75.7 Å². The van der Waals surface area contributed by atoms with Crippen LogP contribution < -0.4 is 10.1 Å². The summed E-state index contributed by atoms with van der Waals surface area (Å²) >= 11 is 5.99. The molecule has 0 saturated carbocycles. The lowest BCUT2D eigenvalue weighted by molar-refractivity contribution is -0.120. The van der Waals surface area contributed by atoms with Crippen molar-refractivity contribution in [1.82, 2.24) is 4.31 Å². The van der Waals surface area contributed by atoms with Gasteiger partial charge in [0.05, 0.1) is 18.2 Å². The number of rotatable bonds is 6. The van der Waals surface area contributed by atoms with E-state index in [1.165, 1.54) is 22.5 Å². The molecule has 30 heavy (non-hydrogen) atoms. The molecule has 1 saturated heterocycles. The molecule has 2 aromatic carbocycles. The van der Waals surface area contributed by atoms with Gasteiger partial charge < -0.3 is 10.1 Å². The van der Waals surface area contributed by atoms with Crippen molar-refractivity contribution >= 4 is 33.2 Å². The number of benzene rings is 2. The molecule has 10 heteroatoms. The van der Waals surface area contributed by atoms with Crippen molar-refractivity contribution in [1.29, 1.82) is 0 Å². The van der Waals surface area contributed by atoms with Crippen LogP contribution in [0.3, 0.4) is 0 Å². The monoisotopic (exact) mass is 458 g/mol. The first-order chi connectivity index (χ1) is 14.2. The molecule has 1 aliphatic rings. The van der Waals surface area contributed by atoms with Gasteiger partial charge in [0.2, 0.25) is 15.9 Å². The fourth-order valence-electron chi connectivity index (χ4n) is 3.30. The predicted octanol–water partition coefficient (Wildman–Crippen LogP) is 4.06. The molecule has 1 fully saturated rings. The second kappa shape index (κ2) is 9.28. The quantitative estimate of drug-likeness (QED) is 0.708. The van der Waals surface area contributed by atoms with Gasteiger partial charge in [0, 0.05) is 24.2 Å². The minimum atomic E-state index is -3.98. The van der Waals surface area contributed by atoms with E-state index in [0.717, 1.165) is 18.2 Å². The van der Waals surface area contributed by atoms with Crippen LogP contribution in [-0.4, -0.2) is 38.3 Å². The number of ether oxygens (including phenoxy) is 1. The summed E-state index contributed by atoms with van der Waals surface area (Å²) in [5.41, 5.74) is -0.284. The highest BCUT2D eigenvalue weighted by Gasteiger charge is 2.35. The number of hydrogen-bond donors (Lipinski definition) is 1. The third-order valence-electron chi connectivity index (χ3n) is 4.76. The fraction of sp³-hybridized carbons (Fsp3) is 0.350. The Morgan fingerprint density at radius 3 is 2.77 bits per heavy atom. The van der Waals surface area contributed by atoms with Crippen LogP contribution >= 0.6 is 11.6 Å². The van der Waals surface area contributed by atoms with Gasteiger partial charge in [0.15, 0.2) is 0 Å². The number of hydrogen-bond acceptors (Lipinski definition) is 4. The van der Waals surface area contributed by atoms with E-state index < -0.39 is 33.5 Å². The molecule has 2 aromatic rings. The Labute approximate surface area is 178 Å². The summed E-state index contributed by atoms with van der Waals surface area (Å²) in [6.45, 7) is 2.13. The molecule has 0 aliphatic carbocycles. The highest BCUT2D eigenvalue weighted by atomic mass is 35.5. The first-order valence-corrected chi connectivity index (χ1v) is 11.2. The van der Waals surface area contributed by atoms with Crippen LogP contribution in [0.5, 0.6) is 5.75 Å². The lowest BCUT2D eigenvalue weighted by atomic mass is 9.98. The molecule has 1 atom stereocenters. The highest BCUT2D eigenvalue weighted by molar-refractivity contribution is 7.89. The summed E-state index contributed by atoms with van der Waals surface area (Å²) < 4.78 is 60.2. The number of anilines is 1. The standard InChI is InChI=1S/C20H21ClF2N2O4S/c1-2-29-18-8-5-14(21)10-19(18)30(27,28)25-9-3-4-13(12-25)20(26)24-17-11-15(22)6-7-16(17)23/h5-8,10-11,13H,2-4,9,12H2,1H3,(H,24,26). The highest BCUT2D eigenvalue weighted by Crippen LogP contribution is 2.32. The summed E-state index contributed by atoms with van der Waals surface area (Å²) in [4.78, 5) is 12.5. The van der Waals surface area contributed by atoms with E-state index >= 15 is 0 Å². The van der Waals surface area contributed by atoms with Gasteiger partial charge in [0.1, 0.15) is 22.3 Å². The van der Waals surface area contributed by atoms with Gasteiger partial charge in [-0.3, -0.25) is 4.79 Å². The maximum atomic E-state index is 13.8. The van der Waals surface area contributed by atoms with E-state index in [4.69, 9.17) is 16.3 Å². The fourth-order valence-corrected chi connectivity index (χ4v) is 5.22. The van der Waals surface area contributed by atoms with Crippen molar-refractivity contribution in [3.63, 3.8) is 0 Å². The van der Waals surface area contributed by atoms with E-state index in [1.54, 1.807) is 6.92 Å². The summed E-state index contributed by atoms with van der Waals surface area (Å²) in [6, 6.07) is 7.07.